The lowest BCUT2D eigenvalue weighted by molar-refractivity contribution is -0.146. The van der Waals surface area contributed by atoms with E-state index in [0.717, 1.165) is 68.6 Å². The van der Waals surface area contributed by atoms with Gasteiger partial charge in [-0.1, -0.05) is 12.1 Å². The van der Waals surface area contributed by atoms with Crippen molar-refractivity contribution in [3.05, 3.63) is 29.8 Å². The van der Waals surface area contributed by atoms with E-state index in [1.165, 1.54) is 24.8 Å². The molecule has 168 valence electrons. The minimum atomic E-state index is -0.125. The standard InChI is InChI=1S/C26H36N2O3/c1-31-23-6-2-4-18(14-23)13-22-5-3-9-28(22)24(29)7-8-27-25(30)26-15-19-10-20(16-26)12-21(11-19)17-26/h2,4,6,14,19-22H,3,5,7-13,15-17H2,1H3,(H,27,30). The molecule has 5 nitrogen and oxygen atoms in total. The van der Waals surface area contributed by atoms with E-state index in [-0.39, 0.29) is 23.3 Å². The Morgan fingerprint density at radius 2 is 1.84 bits per heavy atom. The summed E-state index contributed by atoms with van der Waals surface area (Å²) in [4.78, 5) is 28.1. The summed E-state index contributed by atoms with van der Waals surface area (Å²) in [5.41, 5.74) is 1.08. The first-order chi connectivity index (χ1) is 15.0. The summed E-state index contributed by atoms with van der Waals surface area (Å²) >= 11 is 0. The van der Waals surface area contributed by atoms with Crippen LogP contribution in [0.2, 0.25) is 0 Å². The van der Waals surface area contributed by atoms with Crippen molar-refractivity contribution in [2.75, 3.05) is 20.2 Å². The molecule has 1 aliphatic heterocycles. The van der Waals surface area contributed by atoms with Gasteiger partial charge in [-0.2, -0.15) is 0 Å². The fraction of sp³-hybridized carbons (Fsp3) is 0.692. The van der Waals surface area contributed by atoms with Gasteiger partial charge in [0.15, 0.2) is 0 Å². The molecule has 5 fully saturated rings. The molecule has 4 aliphatic carbocycles. The molecule has 0 radical (unpaired) electrons. The highest BCUT2D eigenvalue weighted by Gasteiger charge is 2.54. The maximum atomic E-state index is 13.1. The van der Waals surface area contributed by atoms with E-state index in [1.54, 1.807) is 7.11 Å². The third-order valence-electron chi connectivity index (χ3n) is 8.45. The van der Waals surface area contributed by atoms with Gasteiger partial charge in [0.25, 0.3) is 0 Å². The molecule has 1 saturated heterocycles. The van der Waals surface area contributed by atoms with Gasteiger partial charge >= 0.3 is 0 Å². The van der Waals surface area contributed by atoms with Crippen LogP contribution >= 0.6 is 0 Å². The van der Waals surface area contributed by atoms with E-state index in [0.29, 0.717) is 13.0 Å². The Balaban J connectivity index is 1.13. The van der Waals surface area contributed by atoms with E-state index < -0.39 is 0 Å². The van der Waals surface area contributed by atoms with Crippen molar-refractivity contribution < 1.29 is 14.3 Å². The SMILES string of the molecule is COc1cccc(CC2CCCN2C(=O)CCNC(=O)C23CC4CC(CC(C4)C2)C3)c1. The van der Waals surface area contributed by atoms with Gasteiger partial charge in [-0.05, 0) is 93.2 Å². The van der Waals surface area contributed by atoms with Crippen molar-refractivity contribution in [2.45, 2.75) is 70.3 Å². The number of nitrogens with one attached hydrogen (secondary N) is 1. The fourth-order valence-corrected chi connectivity index (χ4v) is 7.45. The number of hydrogen-bond acceptors (Lipinski definition) is 3. The van der Waals surface area contributed by atoms with Crippen molar-refractivity contribution in [1.82, 2.24) is 10.2 Å². The largest absolute Gasteiger partial charge is 0.497 e. The van der Waals surface area contributed by atoms with Crippen LogP contribution in [0.15, 0.2) is 24.3 Å². The molecular formula is C26H36N2O3. The maximum Gasteiger partial charge on any atom is 0.226 e. The third kappa shape index (κ3) is 4.20. The van der Waals surface area contributed by atoms with Crippen molar-refractivity contribution in [3.8, 4) is 5.75 Å². The number of rotatable bonds is 7. The molecule has 5 aliphatic rings. The monoisotopic (exact) mass is 424 g/mol. The predicted octanol–water partition coefficient (Wildman–Crippen LogP) is 3.95. The summed E-state index contributed by atoms with van der Waals surface area (Å²) in [6, 6.07) is 8.38. The number of ether oxygens (including phenoxy) is 1. The molecule has 1 aromatic carbocycles. The lowest BCUT2D eigenvalue weighted by Gasteiger charge is -2.55. The molecule has 1 heterocycles. The molecule has 1 unspecified atom stereocenters. The van der Waals surface area contributed by atoms with Gasteiger partial charge in [0.2, 0.25) is 11.8 Å². The number of benzene rings is 1. The molecule has 4 saturated carbocycles. The highest BCUT2D eigenvalue weighted by Crippen LogP contribution is 2.60. The average molecular weight is 425 g/mol. The summed E-state index contributed by atoms with van der Waals surface area (Å²) in [6.07, 6.45) is 10.6. The first kappa shape index (κ1) is 20.8. The second-order valence-electron chi connectivity index (χ2n) is 10.6. The summed E-state index contributed by atoms with van der Waals surface area (Å²) in [6.45, 7) is 1.30. The van der Waals surface area contributed by atoms with Gasteiger partial charge in [-0.25, -0.2) is 0 Å². The van der Waals surface area contributed by atoms with Crippen LogP contribution in [-0.4, -0.2) is 43.0 Å². The first-order valence-electron chi connectivity index (χ1n) is 12.3. The first-order valence-corrected chi connectivity index (χ1v) is 12.3. The Labute approximate surface area is 185 Å². The number of carbonyl (C=O) groups is 2. The van der Waals surface area contributed by atoms with Crippen LogP contribution in [0.25, 0.3) is 0 Å². The van der Waals surface area contributed by atoms with Gasteiger partial charge < -0.3 is 15.0 Å². The average Bonchev–Trinajstić information content (AvgIpc) is 3.21. The van der Waals surface area contributed by atoms with Crippen LogP contribution < -0.4 is 10.1 Å². The quantitative estimate of drug-likeness (QED) is 0.721. The second kappa shape index (κ2) is 8.48. The molecule has 2 amide bonds. The van der Waals surface area contributed by atoms with Crippen LogP contribution in [-0.2, 0) is 16.0 Å². The fourth-order valence-electron chi connectivity index (χ4n) is 7.45. The predicted molar refractivity (Wildman–Crippen MR) is 120 cm³/mol. The van der Waals surface area contributed by atoms with Gasteiger partial charge in [0.05, 0.1) is 7.11 Å². The molecular weight excluding hydrogens is 388 g/mol. The molecule has 5 heteroatoms. The molecule has 1 N–H and O–H groups in total. The van der Waals surface area contributed by atoms with Gasteiger partial charge in [-0.3, -0.25) is 9.59 Å². The zero-order valence-corrected chi connectivity index (χ0v) is 18.8. The van der Waals surface area contributed by atoms with E-state index in [9.17, 15) is 9.59 Å². The normalized spacial score (nSPS) is 33.5. The number of likely N-dealkylation sites (tertiary alicyclic amines) is 1. The van der Waals surface area contributed by atoms with Crippen LogP contribution in [0.5, 0.6) is 5.75 Å². The number of amides is 2. The molecule has 4 bridgehead atoms. The molecule has 1 atom stereocenters. The number of hydrogen-bond donors (Lipinski definition) is 1. The minimum absolute atomic E-state index is 0.125. The third-order valence-corrected chi connectivity index (χ3v) is 8.45. The Bertz CT molecular complexity index is 800. The van der Waals surface area contributed by atoms with Crippen molar-refractivity contribution in [2.24, 2.45) is 23.2 Å². The number of nitrogens with zero attached hydrogens (tertiary/aromatic N) is 1. The summed E-state index contributed by atoms with van der Waals surface area (Å²) in [5, 5.41) is 3.17. The Hall–Kier alpha value is -2.04. The highest BCUT2D eigenvalue weighted by molar-refractivity contribution is 5.84. The smallest absolute Gasteiger partial charge is 0.226 e. The molecule has 31 heavy (non-hydrogen) atoms. The van der Waals surface area contributed by atoms with Crippen LogP contribution in [0, 0.1) is 23.2 Å². The van der Waals surface area contributed by atoms with Crippen molar-refractivity contribution >= 4 is 11.8 Å². The zero-order chi connectivity index (χ0) is 21.4. The lowest BCUT2D eigenvalue weighted by atomic mass is 9.49. The van der Waals surface area contributed by atoms with Crippen LogP contribution in [0.1, 0.15) is 63.4 Å². The van der Waals surface area contributed by atoms with Gasteiger partial charge in [0, 0.05) is 31.0 Å². The molecule has 6 rings (SSSR count). The van der Waals surface area contributed by atoms with Crippen LogP contribution in [0.3, 0.4) is 0 Å². The summed E-state index contributed by atoms with van der Waals surface area (Å²) < 4.78 is 5.34. The van der Waals surface area contributed by atoms with E-state index >= 15 is 0 Å². The Morgan fingerprint density at radius 3 is 2.52 bits per heavy atom. The van der Waals surface area contributed by atoms with Gasteiger partial charge in [-0.15, -0.1) is 0 Å². The number of carbonyl (C=O) groups excluding carboxylic acids is 2. The molecule has 1 aromatic rings. The van der Waals surface area contributed by atoms with Crippen molar-refractivity contribution in [1.29, 1.82) is 0 Å². The molecule has 0 aromatic heterocycles. The Morgan fingerprint density at radius 1 is 1.13 bits per heavy atom. The van der Waals surface area contributed by atoms with Crippen molar-refractivity contribution in [3.63, 3.8) is 0 Å². The van der Waals surface area contributed by atoms with Gasteiger partial charge in [0.1, 0.15) is 5.75 Å². The van der Waals surface area contributed by atoms with E-state index in [1.807, 2.05) is 17.0 Å². The number of methoxy groups -OCH3 is 1. The minimum Gasteiger partial charge on any atom is -0.497 e. The molecule has 0 spiro atoms. The zero-order valence-electron chi connectivity index (χ0n) is 18.8. The maximum absolute atomic E-state index is 13.1. The van der Waals surface area contributed by atoms with Crippen LogP contribution in [0.4, 0.5) is 0 Å². The second-order valence-corrected chi connectivity index (χ2v) is 10.6. The van der Waals surface area contributed by atoms with E-state index in [4.69, 9.17) is 4.74 Å². The Kier molecular flexibility index (Phi) is 5.70. The highest BCUT2D eigenvalue weighted by atomic mass is 16.5. The summed E-state index contributed by atoms with van der Waals surface area (Å²) in [5.74, 6) is 3.56. The lowest BCUT2D eigenvalue weighted by Crippen LogP contribution is -2.53. The van der Waals surface area contributed by atoms with E-state index in [2.05, 4.69) is 17.4 Å². The summed E-state index contributed by atoms with van der Waals surface area (Å²) in [7, 11) is 1.68. The topological polar surface area (TPSA) is 58.6 Å².